The molecule has 1 aromatic heterocycles. The standard InChI is InChI=1S/C32H40N8O5/c1-32(2,3)28-21-27(36(4)35-28)31(43)39-18-16-37(17-19-39)26-11-8-23(30(42)38-14-5-12-33-13-15-38)20-25(26)34-29(41)22-6-9-24(10-7-22)40(44)45/h6-11,20-21,33H,5,12-19H2,1-4H3,(H,34,41). The Morgan fingerprint density at radius 1 is 0.867 bits per heavy atom. The molecule has 0 atom stereocenters. The molecule has 3 aromatic rings. The molecule has 0 radical (unpaired) electrons. The van der Waals surface area contributed by atoms with Crippen molar-refractivity contribution in [1.82, 2.24) is 24.9 Å². The lowest BCUT2D eigenvalue weighted by atomic mass is 9.92. The average Bonchev–Trinajstić information content (AvgIpc) is 3.23. The van der Waals surface area contributed by atoms with Gasteiger partial charge in [-0.2, -0.15) is 5.10 Å². The third kappa shape index (κ3) is 7.14. The van der Waals surface area contributed by atoms with E-state index >= 15 is 0 Å². The number of nitrogens with one attached hydrogen (secondary N) is 2. The first kappa shape index (κ1) is 31.6. The summed E-state index contributed by atoms with van der Waals surface area (Å²) in [6.45, 7) is 10.9. The maximum absolute atomic E-state index is 13.4. The van der Waals surface area contributed by atoms with Crippen molar-refractivity contribution in [1.29, 1.82) is 0 Å². The predicted octanol–water partition coefficient (Wildman–Crippen LogP) is 3.28. The highest BCUT2D eigenvalue weighted by molar-refractivity contribution is 6.07. The van der Waals surface area contributed by atoms with E-state index in [9.17, 15) is 24.5 Å². The molecule has 0 saturated carbocycles. The van der Waals surface area contributed by atoms with E-state index in [-0.39, 0.29) is 28.5 Å². The van der Waals surface area contributed by atoms with Crippen LogP contribution >= 0.6 is 0 Å². The van der Waals surface area contributed by atoms with Crippen LogP contribution in [0.4, 0.5) is 17.1 Å². The van der Waals surface area contributed by atoms with Gasteiger partial charge in [0, 0.05) is 81.5 Å². The lowest BCUT2D eigenvalue weighted by molar-refractivity contribution is -0.384. The second-order valence-corrected chi connectivity index (χ2v) is 12.5. The van der Waals surface area contributed by atoms with Gasteiger partial charge in [0.1, 0.15) is 5.69 Å². The first-order valence-electron chi connectivity index (χ1n) is 15.2. The third-order valence-electron chi connectivity index (χ3n) is 8.23. The fraction of sp³-hybridized carbons (Fsp3) is 0.438. The fourth-order valence-electron chi connectivity index (χ4n) is 5.55. The number of nitro benzene ring substituents is 1. The van der Waals surface area contributed by atoms with Crippen LogP contribution in [0, 0.1) is 10.1 Å². The van der Waals surface area contributed by atoms with Gasteiger partial charge in [0.05, 0.1) is 22.0 Å². The van der Waals surface area contributed by atoms with Gasteiger partial charge < -0.3 is 25.3 Å². The quantitative estimate of drug-likeness (QED) is 0.317. The number of nitrogens with zero attached hydrogens (tertiary/aromatic N) is 6. The molecule has 0 spiro atoms. The zero-order valence-corrected chi connectivity index (χ0v) is 26.2. The van der Waals surface area contributed by atoms with Gasteiger partial charge in [-0.1, -0.05) is 20.8 Å². The number of nitro groups is 1. The maximum Gasteiger partial charge on any atom is 0.272 e. The summed E-state index contributed by atoms with van der Waals surface area (Å²) in [5, 5.41) is 21.9. The molecule has 2 aliphatic rings. The number of carbonyl (C=O) groups is 3. The molecule has 13 heteroatoms. The van der Waals surface area contributed by atoms with E-state index in [1.807, 2.05) is 17.0 Å². The second kappa shape index (κ2) is 13.1. The van der Waals surface area contributed by atoms with Crippen molar-refractivity contribution < 1.29 is 19.3 Å². The third-order valence-corrected chi connectivity index (χ3v) is 8.23. The molecule has 238 valence electrons. The molecular formula is C32H40N8O5. The minimum absolute atomic E-state index is 0.0836. The minimum Gasteiger partial charge on any atom is -0.366 e. The van der Waals surface area contributed by atoms with Crippen LogP contribution < -0.4 is 15.5 Å². The number of non-ortho nitro benzene ring substituents is 1. The number of aromatic nitrogens is 2. The van der Waals surface area contributed by atoms with Crippen molar-refractivity contribution in [2.24, 2.45) is 7.05 Å². The van der Waals surface area contributed by atoms with Crippen LogP contribution in [0.15, 0.2) is 48.5 Å². The van der Waals surface area contributed by atoms with Gasteiger partial charge in [0.2, 0.25) is 0 Å². The smallest absolute Gasteiger partial charge is 0.272 e. The summed E-state index contributed by atoms with van der Waals surface area (Å²) in [6.07, 6.45) is 0.854. The van der Waals surface area contributed by atoms with Crippen LogP contribution in [0.25, 0.3) is 0 Å². The normalized spacial score (nSPS) is 15.9. The Balaban J connectivity index is 1.37. The maximum atomic E-state index is 13.4. The largest absolute Gasteiger partial charge is 0.366 e. The summed E-state index contributed by atoms with van der Waals surface area (Å²) in [6, 6.07) is 12.5. The van der Waals surface area contributed by atoms with E-state index in [2.05, 4.69) is 41.4 Å². The number of piperazine rings is 1. The van der Waals surface area contributed by atoms with Crippen LogP contribution in [0.3, 0.4) is 0 Å². The van der Waals surface area contributed by atoms with Crippen LogP contribution in [0.5, 0.6) is 0 Å². The number of aryl methyl sites for hydroxylation is 1. The fourth-order valence-corrected chi connectivity index (χ4v) is 5.55. The Morgan fingerprint density at radius 2 is 1.53 bits per heavy atom. The molecule has 13 nitrogen and oxygen atoms in total. The van der Waals surface area contributed by atoms with Gasteiger partial charge in [-0.25, -0.2) is 0 Å². The van der Waals surface area contributed by atoms with Crippen LogP contribution in [-0.4, -0.2) is 94.6 Å². The molecule has 0 unspecified atom stereocenters. The van der Waals surface area contributed by atoms with Crippen LogP contribution in [0.2, 0.25) is 0 Å². The monoisotopic (exact) mass is 616 g/mol. The molecule has 3 amide bonds. The van der Waals surface area contributed by atoms with E-state index in [1.54, 1.807) is 28.8 Å². The summed E-state index contributed by atoms with van der Waals surface area (Å²) in [5.41, 5.74) is 2.99. The Kier molecular flexibility index (Phi) is 9.19. The summed E-state index contributed by atoms with van der Waals surface area (Å²) in [4.78, 5) is 56.4. The Bertz CT molecular complexity index is 1580. The van der Waals surface area contributed by atoms with Gasteiger partial charge in [0.25, 0.3) is 23.4 Å². The highest BCUT2D eigenvalue weighted by Gasteiger charge is 2.29. The Labute approximate surface area is 262 Å². The molecule has 2 aromatic carbocycles. The highest BCUT2D eigenvalue weighted by atomic mass is 16.6. The SMILES string of the molecule is Cn1nc(C(C)(C)C)cc1C(=O)N1CCN(c2ccc(C(=O)N3CCCNCC3)cc2NC(=O)c2ccc([N+](=O)[O-])cc2)CC1. The van der Waals surface area contributed by atoms with Crippen molar-refractivity contribution in [3.8, 4) is 0 Å². The summed E-state index contributed by atoms with van der Waals surface area (Å²) >= 11 is 0. The predicted molar refractivity (Wildman–Crippen MR) is 171 cm³/mol. The number of hydrogen-bond donors (Lipinski definition) is 2. The van der Waals surface area contributed by atoms with Crippen molar-refractivity contribution in [3.05, 3.63) is 81.2 Å². The van der Waals surface area contributed by atoms with Gasteiger partial charge in [-0.3, -0.25) is 29.2 Å². The molecule has 0 bridgehead atoms. The van der Waals surface area contributed by atoms with Crippen LogP contribution in [0.1, 0.15) is 64.1 Å². The van der Waals surface area contributed by atoms with E-state index in [4.69, 9.17) is 0 Å². The number of anilines is 2. The zero-order chi connectivity index (χ0) is 32.3. The molecule has 2 saturated heterocycles. The van der Waals surface area contributed by atoms with E-state index in [0.29, 0.717) is 62.8 Å². The molecule has 3 heterocycles. The number of amides is 3. The van der Waals surface area contributed by atoms with E-state index in [1.165, 1.54) is 24.3 Å². The first-order valence-corrected chi connectivity index (χ1v) is 15.2. The summed E-state index contributed by atoms with van der Waals surface area (Å²) in [7, 11) is 1.78. The molecule has 5 rings (SSSR count). The number of carbonyl (C=O) groups excluding carboxylic acids is 3. The van der Waals surface area contributed by atoms with E-state index < -0.39 is 10.8 Å². The summed E-state index contributed by atoms with van der Waals surface area (Å²) < 4.78 is 1.64. The number of rotatable bonds is 6. The second-order valence-electron chi connectivity index (χ2n) is 12.5. The van der Waals surface area contributed by atoms with Crippen molar-refractivity contribution in [2.75, 3.05) is 62.6 Å². The zero-order valence-electron chi connectivity index (χ0n) is 26.2. The molecular weight excluding hydrogens is 576 g/mol. The van der Waals surface area contributed by atoms with Crippen molar-refractivity contribution in [2.45, 2.75) is 32.6 Å². The number of benzene rings is 2. The molecule has 0 aliphatic carbocycles. The minimum atomic E-state index is -0.518. The van der Waals surface area contributed by atoms with Crippen molar-refractivity contribution >= 4 is 34.8 Å². The molecule has 2 N–H and O–H groups in total. The first-order chi connectivity index (χ1) is 21.4. The Morgan fingerprint density at radius 3 is 2.18 bits per heavy atom. The van der Waals surface area contributed by atoms with Gasteiger partial charge >= 0.3 is 0 Å². The number of hydrogen-bond acceptors (Lipinski definition) is 8. The molecule has 2 fully saturated rings. The average molecular weight is 617 g/mol. The lowest BCUT2D eigenvalue weighted by Gasteiger charge is -2.37. The van der Waals surface area contributed by atoms with Crippen LogP contribution in [-0.2, 0) is 12.5 Å². The van der Waals surface area contributed by atoms with Gasteiger partial charge in [0.15, 0.2) is 0 Å². The van der Waals surface area contributed by atoms with Gasteiger partial charge in [-0.05, 0) is 49.4 Å². The summed E-state index contributed by atoms with van der Waals surface area (Å²) in [5.74, 6) is -0.647. The lowest BCUT2D eigenvalue weighted by Crippen LogP contribution is -2.49. The van der Waals surface area contributed by atoms with Crippen molar-refractivity contribution in [3.63, 3.8) is 0 Å². The van der Waals surface area contributed by atoms with E-state index in [0.717, 1.165) is 24.3 Å². The highest BCUT2D eigenvalue weighted by Crippen LogP contribution is 2.30. The molecule has 2 aliphatic heterocycles. The Hall–Kier alpha value is -4.78. The topological polar surface area (TPSA) is 146 Å². The molecule has 45 heavy (non-hydrogen) atoms. The van der Waals surface area contributed by atoms with Gasteiger partial charge in [-0.15, -0.1) is 0 Å².